The first kappa shape index (κ1) is 19.6. The molecule has 0 nitrogen and oxygen atoms in total. The van der Waals surface area contributed by atoms with E-state index in [4.69, 9.17) is 0 Å². The molecule has 0 saturated heterocycles. The number of hydrogen-bond donors (Lipinski definition) is 0. The van der Waals surface area contributed by atoms with Crippen LogP contribution in [-0.2, 0) is 25.7 Å². The molecule has 2 aromatic carbocycles. The van der Waals surface area contributed by atoms with Gasteiger partial charge in [-0.25, -0.2) is 0 Å². The molecule has 5 rings (SSSR count). The first-order valence-electron chi connectivity index (χ1n) is 12.0. The second kappa shape index (κ2) is 8.06. The minimum absolute atomic E-state index is 0.848. The fourth-order valence-corrected chi connectivity index (χ4v) is 6.01. The molecule has 1 fully saturated rings. The summed E-state index contributed by atoms with van der Waals surface area (Å²) in [6, 6.07) is 13.6. The lowest BCUT2D eigenvalue weighted by Crippen LogP contribution is -2.20. The van der Waals surface area contributed by atoms with Crippen LogP contribution < -0.4 is 0 Å². The summed E-state index contributed by atoms with van der Waals surface area (Å²) >= 11 is 0. The van der Waals surface area contributed by atoms with E-state index in [0.29, 0.717) is 0 Å². The van der Waals surface area contributed by atoms with Gasteiger partial charge < -0.3 is 0 Å². The van der Waals surface area contributed by atoms with E-state index >= 15 is 0 Å². The van der Waals surface area contributed by atoms with Crippen molar-refractivity contribution in [2.75, 3.05) is 0 Å². The molecule has 154 valence electrons. The fraction of sp³-hybridized carbons (Fsp3) is 0.400. The summed E-state index contributed by atoms with van der Waals surface area (Å²) in [5, 5.41) is 0. The Hall–Kier alpha value is -2.34. The average molecular weight is 395 g/mol. The zero-order valence-electron chi connectivity index (χ0n) is 18.6. The Balaban J connectivity index is 1.48. The van der Waals surface area contributed by atoms with Crippen LogP contribution >= 0.6 is 0 Å². The number of benzene rings is 2. The lowest BCUT2D eigenvalue weighted by atomic mass is 9.75. The molecule has 3 aliphatic rings. The normalized spacial score (nSPS) is 24.1. The van der Waals surface area contributed by atoms with E-state index < -0.39 is 0 Å². The van der Waals surface area contributed by atoms with Gasteiger partial charge in [0.2, 0.25) is 0 Å². The molecule has 1 saturated carbocycles. The van der Waals surface area contributed by atoms with Crippen LogP contribution in [0.1, 0.15) is 72.9 Å². The summed E-state index contributed by atoms with van der Waals surface area (Å²) in [7, 11) is 0. The number of aryl methyl sites for hydroxylation is 1. The van der Waals surface area contributed by atoms with Gasteiger partial charge in [0.05, 0.1) is 0 Å². The molecule has 0 spiro atoms. The van der Waals surface area contributed by atoms with Gasteiger partial charge >= 0.3 is 0 Å². The molecule has 2 atom stereocenters. The van der Waals surface area contributed by atoms with Crippen molar-refractivity contribution < 1.29 is 0 Å². The molecule has 0 heterocycles. The molecule has 3 aliphatic carbocycles. The van der Waals surface area contributed by atoms with Gasteiger partial charge in [-0.3, -0.25) is 0 Å². The van der Waals surface area contributed by atoms with Crippen LogP contribution in [0.4, 0.5) is 0 Å². The zero-order valence-corrected chi connectivity index (χ0v) is 18.6. The van der Waals surface area contributed by atoms with Crippen molar-refractivity contribution in [3.8, 4) is 0 Å². The van der Waals surface area contributed by atoms with Crippen LogP contribution in [0.25, 0.3) is 11.1 Å². The molecule has 0 N–H and O–H groups in total. The third kappa shape index (κ3) is 3.41. The SMILES string of the molecule is C=C1/C(=C/C2=CCc3ccccc32)Cc2c1ccc(CC)c2CC1CCCCC1C. The summed E-state index contributed by atoms with van der Waals surface area (Å²) < 4.78 is 0. The molecule has 30 heavy (non-hydrogen) atoms. The van der Waals surface area contributed by atoms with Crippen LogP contribution in [0.5, 0.6) is 0 Å². The van der Waals surface area contributed by atoms with Crippen LogP contribution in [0.15, 0.2) is 60.7 Å². The van der Waals surface area contributed by atoms with E-state index in [1.807, 2.05) is 0 Å². The maximum atomic E-state index is 4.54. The number of rotatable bonds is 4. The predicted octanol–water partition coefficient (Wildman–Crippen LogP) is 7.75. The van der Waals surface area contributed by atoms with Crippen molar-refractivity contribution in [1.82, 2.24) is 0 Å². The first-order valence-corrected chi connectivity index (χ1v) is 12.0. The van der Waals surface area contributed by atoms with Gasteiger partial charge in [-0.2, -0.15) is 0 Å². The van der Waals surface area contributed by atoms with E-state index in [0.717, 1.165) is 31.1 Å². The largest absolute Gasteiger partial charge is 0.0909 e. The van der Waals surface area contributed by atoms with Gasteiger partial charge in [0.1, 0.15) is 0 Å². The third-order valence-electron chi connectivity index (χ3n) is 7.94. The Morgan fingerprint density at radius 3 is 2.70 bits per heavy atom. The Bertz CT molecular complexity index is 1050. The van der Waals surface area contributed by atoms with E-state index in [2.05, 4.69) is 69.0 Å². The molecule has 0 radical (unpaired) electrons. The summed E-state index contributed by atoms with van der Waals surface area (Å²) in [4.78, 5) is 0. The van der Waals surface area contributed by atoms with Crippen molar-refractivity contribution >= 4 is 11.1 Å². The fourth-order valence-electron chi connectivity index (χ4n) is 6.01. The van der Waals surface area contributed by atoms with Crippen molar-refractivity contribution in [1.29, 1.82) is 0 Å². The van der Waals surface area contributed by atoms with Crippen molar-refractivity contribution in [2.24, 2.45) is 11.8 Å². The second-order valence-electron chi connectivity index (χ2n) is 9.65. The smallest absolute Gasteiger partial charge is 0.00106 e. The summed E-state index contributed by atoms with van der Waals surface area (Å²) in [6.45, 7) is 9.33. The van der Waals surface area contributed by atoms with E-state index in [1.54, 1.807) is 16.7 Å². The Labute approximate surface area is 182 Å². The first-order chi connectivity index (χ1) is 14.7. The van der Waals surface area contributed by atoms with Gasteiger partial charge in [0, 0.05) is 0 Å². The second-order valence-corrected chi connectivity index (χ2v) is 9.65. The zero-order chi connectivity index (χ0) is 20.7. The monoisotopic (exact) mass is 394 g/mol. The number of allylic oxidation sites excluding steroid dienone is 5. The highest BCUT2D eigenvalue weighted by molar-refractivity contribution is 5.91. The summed E-state index contributed by atoms with van der Waals surface area (Å²) in [5.41, 5.74) is 13.1. The predicted molar refractivity (Wildman–Crippen MR) is 130 cm³/mol. The standard InChI is InChI=1S/C30H34/c1-4-22-15-16-27-21(3)26(17-25-14-13-23-10-7-8-12-28(23)25)19-30(27)29(22)18-24-11-6-5-9-20(24)2/h7-8,10,12,14-17,20,24H,3-6,9,11,13,18-19H2,1-2H3/b26-17+. The maximum Gasteiger partial charge on any atom is -0.00106 e. The van der Waals surface area contributed by atoms with Crippen LogP contribution in [-0.4, -0.2) is 0 Å². The Morgan fingerprint density at radius 2 is 1.87 bits per heavy atom. The van der Waals surface area contributed by atoms with E-state index in [-0.39, 0.29) is 0 Å². The molecule has 0 bridgehead atoms. The summed E-state index contributed by atoms with van der Waals surface area (Å²) in [5.74, 6) is 1.71. The van der Waals surface area contributed by atoms with Gasteiger partial charge in [-0.05, 0) is 94.0 Å². The molecule has 0 amide bonds. The molecule has 2 unspecified atom stereocenters. The van der Waals surface area contributed by atoms with Gasteiger partial charge in [-0.15, -0.1) is 0 Å². The Morgan fingerprint density at radius 1 is 1.03 bits per heavy atom. The number of fused-ring (bicyclic) bond motifs is 2. The lowest BCUT2D eigenvalue weighted by Gasteiger charge is -2.30. The number of hydrogen-bond acceptors (Lipinski definition) is 0. The minimum atomic E-state index is 0.848. The maximum absolute atomic E-state index is 4.54. The molecule has 0 aliphatic heterocycles. The van der Waals surface area contributed by atoms with Gasteiger partial charge in [-0.1, -0.05) is 88.2 Å². The lowest BCUT2D eigenvalue weighted by molar-refractivity contribution is 0.254. The molecule has 2 aromatic rings. The van der Waals surface area contributed by atoms with Crippen molar-refractivity contribution in [3.63, 3.8) is 0 Å². The van der Waals surface area contributed by atoms with Crippen LogP contribution in [0, 0.1) is 11.8 Å². The average Bonchev–Trinajstić information content (AvgIpc) is 3.32. The quantitative estimate of drug-likeness (QED) is 0.497. The van der Waals surface area contributed by atoms with E-state index in [9.17, 15) is 0 Å². The molecular formula is C30H34. The molecule has 0 aromatic heterocycles. The Kier molecular flexibility index (Phi) is 5.27. The highest BCUT2D eigenvalue weighted by Crippen LogP contribution is 2.43. The van der Waals surface area contributed by atoms with Crippen LogP contribution in [0.3, 0.4) is 0 Å². The highest BCUT2D eigenvalue weighted by atomic mass is 14.3. The van der Waals surface area contributed by atoms with Crippen LogP contribution in [0.2, 0.25) is 0 Å². The third-order valence-corrected chi connectivity index (χ3v) is 7.94. The minimum Gasteiger partial charge on any atom is -0.0909 e. The summed E-state index contributed by atoms with van der Waals surface area (Å²) in [6.07, 6.45) is 15.0. The molecular weight excluding hydrogens is 360 g/mol. The molecule has 0 heteroatoms. The highest BCUT2D eigenvalue weighted by Gasteiger charge is 2.28. The van der Waals surface area contributed by atoms with Crippen molar-refractivity contribution in [2.45, 2.75) is 65.2 Å². The van der Waals surface area contributed by atoms with E-state index in [1.165, 1.54) is 65.5 Å². The van der Waals surface area contributed by atoms with Crippen molar-refractivity contribution in [3.05, 3.63) is 94.1 Å². The topological polar surface area (TPSA) is 0 Å². The van der Waals surface area contributed by atoms with Gasteiger partial charge in [0.25, 0.3) is 0 Å². The van der Waals surface area contributed by atoms with Gasteiger partial charge in [0.15, 0.2) is 0 Å².